The quantitative estimate of drug-likeness (QED) is 0.538. The van der Waals surface area contributed by atoms with Gasteiger partial charge in [0.25, 0.3) is 5.91 Å². The lowest BCUT2D eigenvalue weighted by Crippen LogP contribution is -2.39. The minimum atomic E-state index is -3.51. The van der Waals surface area contributed by atoms with E-state index in [9.17, 15) is 13.2 Å². The number of aromatic nitrogens is 2. The van der Waals surface area contributed by atoms with Crippen molar-refractivity contribution < 1.29 is 13.2 Å². The maximum atomic E-state index is 13.7. The van der Waals surface area contributed by atoms with Crippen LogP contribution in [0.1, 0.15) is 39.4 Å². The molecular formula is C27H33N5O3S. The first-order chi connectivity index (χ1) is 17.2. The topological polar surface area (TPSA) is 86.7 Å². The van der Waals surface area contributed by atoms with Crippen molar-refractivity contribution in [3.05, 3.63) is 89.0 Å². The van der Waals surface area contributed by atoms with Crippen molar-refractivity contribution >= 4 is 21.6 Å². The molecule has 8 nitrogen and oxygen atoms in total. The number of hydrogen-bond donors (Lipinski definition) is 0. The standard InChI is InChI=1S/C27H33N5O3S/c1-21-25(18-28-22(2)29-21)27(33)31-17-16-30(19-23-10-5-4-6-11-23)14-9-15-32(36(3,34)35)26-13-8-7-12-24(26)20-31/h4-8,10-13,18H,9,14-17,19-20H2,1-3H3. The zero-order chi connectivity index (χ0) is 25.7. The molecule has 0 radical (unpaired) electrons. The number of sulfonamides is 1. The minimum absolute atomic E-state index is 0.160. The summed E-state index contributed by atoms with van der Waals surface area (Å²) in [4.78, 5) is 26.4. The van der Waals surface area contributed by atoms with Crippen molar-refractivity contribution in [2.45, 2.75) is 33.4 Å². The molecule has 1 amide bonds. The van der Waals surface area contributed by atoms with Crippen LogP contribution < -0.4 is 4.31 Å². The smallest absolute Gasteiger partial charge is 0.257 e. The van der Waals surface area contributed by atoms with E-state index in [-0.39, 0.29) is 12.5 Å². The van der Waals surface area contributed by atoms with Gasteiger partial charge in [0, 0.05) is 45.5 Å². The summed E-state index contributed by atoms with van der Waals surface area (Å²) < 4.78 is 27.1. The Kier molecular flexibility index (Phi) is 8.01. The second-order valence-corrected chi connectivity index (χ2v) is 11.1. The van der Waals surface area contributed by atoms with Crippen molar-refractivity contribution in [3.63, 3.8) is 0 Å². The molecule has 2 aromatic carbocycles. The fourth-order valence-corrected chi connectivity index (χ4v) is 5.58. The van der Waals surface area contributed by atoms with Gasteiger partial charge in [-0.2, -0.15) is 0 Å². The molecule has 3 aromatic rings. The third-order valence-electron chi connectivity index (χ3n) is 6.41. The zero-order valence-electron chi connectivity index (χ0n) is 21.1. The lowest BCUT2D eigenvalue weighted by molar-refractivity contribution is 0.0718. The predicted octanol–water partition coefficient (Wildman–Crippen LogP) is 3.41. The Bertz CT molecular complexity index is 1310. The highest BCUT2D eigenvalue weighted by Crippen LogP contribution is 2.26. The molecule has 0 fully saturated rings. The van der Waals surface area contributed by atoms with E-state index in [1.165, 1.54) is 16.1 Å². The summed E-state index contributed by atoms with van der Waals surface area (Å²) in [6.07, 6.45) is 3.50. The number of aryl methyl sites for hydroxylation is 2. The number of benzene rings is 2. The summed E-state index contributed by atoms with van der Waals surface area (Å²) in [5, 5.41) is 0. The van der Waals surface area contributed by atoms with E-state index < -0.39 is 10.0 Å². The number of fused-ring (bicyclic) bond motifs is 1. The average molecular weight is 508 g/mol. The summed E-state index contributed by atoms with van der Waals surface area (Å²) in [5.74, 6) is 0.455. The van der Waals surface area contributed by atoms with Crippen LogP contribution in [0.3, 0.4) is 0 Å². The van der Waals surface area contributed by atoms with Crippen LogP contribution >= 0.6 is 0 Å². The Balaban J connectivity index is 1.71. The number of nitrogens with zero attached hydrogens (tertiary/aromatic N) is 5. The molecule has 1 aliphatic rings. The summed E-state index contributed by atoms with van der Waals surface area (Å²) >= 11 is 0. The van der Waals surface area contributed by atoms with Crippen LogP contribution in [0.4, 0.5) is 5.69 Å². The van der Waals surface area contributed by atoms with Crippen LogP contribution in [0.5, 0.6) is 0 Å². The highest BCUT2D eigenvalue weighted by molar-refractivity contribution is 7.92. The van der Waals surface area contributed by atoms with Gasteiger partial charge in [-0.3, -0.25) is 14.0 Å². The largest absolute Gasteiger partial charge is 0.333 e. The van der Waals surface area contributed by atoms with Gasteiger partial charge in [-0.1, -0.05) is 48.5 Å². The molecule has 2 heterocycles. The molecule has 190 valence electrons. The van der Waals surface area contributed by atoms with Gasteiger partial charge in [-0.05, 0) is 37.5 Å². The molecule has 0 bridgehead atoms. The third-order valence-corrected chi connectivity index (χ3v) is 7.59. The maximum absolute atomic E-state index is 13.7. The second-order valence-electron chi connectivity index (χ2n) is 9.22. The van der Waals surface area contributed by atoms with E-state index in [0.29, 0.717) is 55.4 Å². The van der Waals surface area contributed by atoms with Crippen molar-refractivity contribution in [2.24, 2.45) is 0 Å². The predicted molar refractivity (Wildman–Crippen MR) is 141 cm³/mol. The Morgan fingerprint density at radius 2 is 1.67 bits per heavy atom. The molecule has 0 saturated carbocycles. The van der Waals surface area contributed by atoms with E-state index in [4.69, 9.17) is 0 Å². The van der Waals surface area contributed by atoms with E-state index in [1.54, 1.807) is 18.0 Å². The molecular weight excluding hydrogens is 474 g/mol. The fourth-order valence-electron chi connectivity index (χ4n) is 4.59. The number of anilines is 1. The van der Waals surface area contributed by atoms with Crippen LogP contribution in [0.2, 0.25) is 0 Å². The minimum Gasteiger partial charge on any atom is -0.333 e. The van der Waals surface area contributed by atoms with E-state index in [2.05, 4.69) is 27.0 Å². The first kappa shape index (κ1) is 25.8. The van der Waals surface area contributed by atoms with Crippen LogP contribution in [-0.4, -0.2) is 66.5 Å². The lowest BCUT2D eigenvalue weighted by atomic mass is 10.1. The number of amides is 1. The van der Waals surface area contributed by atoms with Crippen LogP contribution in [0, 0.1) is 13.8 Å². The third kappa shape index (κ3) is 6.27. The Labute approximate surface area is 213 Å². The number of carbonyl (C=O) groups is 1. The van der Waals surface area contributed by atoms with Crippen molar-refractivity contribution in [3.8, 4) is 0 Å². The molecule has 0 atom stereocenters. The van der Waals surface area contributed by atoms with Crippen LogP contribution in [-0.2, 0) is 23.1 Å². The van der Waals surface area contributed by atoms with Gasteiger partial charge in [0.05, 0.1) is 23.2 Å². The average Bonchev–Trinajstić information content (AvgIpc) is 2.87. The van der Waals surface area contributed by atoms with Gasteiger partial charge in [0.1, 0.15) is 5.82 Å². The second kappa shape index (κ2) is 11.2. The van der Waals surface area contributed by atoms with Gasteiger partial charge in [0.2, 0.25) is 10.0 Å². The fraction of sp³-hybridized carbons (Fsp3) is 0.370. The van der Waals surface area contributed by atoms with Gasteiger partial charge >= 0.3 is 0 Å². The van der Waals surface area contributed by atoms with Crippen LogP contribution in [0.25, 0.3) is 0 Å². The van der Waals surface area contributed by atoms with Gasteiger partial charge in [-0.25, -0.2) is 18.4 Å². The summed E-state index contributed by atoms with van der Waals surface area (Å²) in [5.41, 5.74) is 3.68. The van der Waals surface area contributed by atoms with E-state index in [1.807, 2.05) is 49.4 Å². The van der Waals surface area contributed by atoms with E-state index >= 15 is 0 Å². The van der Waals surface area contributed by atoms with Crippen molar-refractivity contribution in [1.29, 1.82) is 0 Å². The molecule has 0 unspecified atom stereocenters. The molecule has 4 rings (SSSR count). The molecule has 36 heavy (non-hydrogen) atoms. The molecule has 0 saturated heterocycles. The first-order valence-corrected chi connectivity index (χ1v) is 14.0. The first-order valence-electron chi connectivity index (χ1n) is 12.1. The summed E-state index contributed by atoms with van der Waals surface area (Å²) in [7, 11) is -3.51. The number of para-hydroxylation sites is 1. The Morgan fingerprint density at radius 3 is 2.39 bits per heavy atom. The Hall–Kier alpha value is -3.30. The monoisotopic (exact) mass is 507 g/mol. The highest BCUT2D eigenvalue weighted by Gasteiger charge is 2.26. The molecule has 1 aromatic heterocycles. The molecule has 0 spiro atoms. The number of hydrogen-bond acceptors (Lipinski definition) is 6. The molecule has 9 heteroatoms. The van der Waals surface area contributed by atoms with Gasteiger partial charge in [0.15, 0.2) is 0 Å². The van der Waals surface area contributed by atoms with Gasteiger partial charge < -0.3 is 4.90 Å². The van der Waals surface area contributed by atoms with Gasteiger partial charge in [-0.15, -0.1) is 0 Å². The highest BCUT2D eigenvalue weighted by atomic mass is 32.2. The van der Waals surface area contributed by atoms with Crippen LogP contribution in [0.15, 0.2) is 60.8 Å². The number of rotatable bonds is 4. The maximum Gasteiger partial charge on any atom is 0.257 e. The number of carbonyl (C=O) groups excluding carboxylic acids is 1. The summed E-state index contributed by atoms with van der Waals surface area (Å²) in [6, 6.07) is 17.6. The molecule has 0 aliphatic carbocycles. The van der Waals surface area contributed by atoms with Crippen molar-refractivity contribution in [1.82, 2.24) is 19.8 Å². The lowest BCUT2D eigenvalue weighted by Gasteiger charge is -2.28. The molecule has 1 aliphatic heterocycles. The Morgan fingerprint density at radius 1 is 0.944 bits per heavy atom. The summed E-state index contributed by atoms with van der Waals surface area (Å²) in [6.45, 7) is 6.85. The van der Waals surface area contributed by atoms with E-state index in [0.717, 1.165) is 12.1 Å². The molecule has 0 N–H and O–H groups in total. The normalized spacial score (nSPS) is 15.8. The SMILES string of the molecule is Cc1ncc(C(=O)N2CCN(Cc3ccccc3)CCCN(S(C)(=O)=O)c3ccccc3C2)c(C)n1. The zero-order valence-corrected chi connectivity index (χ0v) is 21.9. The van der Waals surface area contributed by atoms with Crippen molar-refractivity contribution in [2.75, 3.05) is 36.7 Å².